The Bertz CT molecular complexity index is 390. The van der Waals surface area contributed by atoms with Crippen LogP contribution in [0.15, 0.2) is 12.1 Å². The third kappa shape index (κ3) is 4.03. The molecule has 0 aromatic heterocycles. The second-order valence-corrected chi connectivity index (χ2v) is 4.42. The van der Waals surface area contributed by atoms with Crippen molar-refractivity contribution in [3.05, 3.63) is 29.1 Å². The lowest BCUT2D eigenvalue weighted by Crippen LogP contribution is -2.01. The Morgan fingerprint density at radius 3 is 1.72 bits per heavy atom. The molecule has 0 saturated carbocycles. The lowest BCUT2D eigenvalue weighted by Gasteiger charge is -2.16. The third-order valence-corrected chi connectivity index (χ3v) is 2.50. The number of hydrogen-bond acceptors (Lipinski definition) is 2. The number of rotatable bonds is 3. The van der Waals surface area contributed by atoms with E-state index in [4.69, 9.17) is 10.00 Å². The molecule has 3 heteroatoms. The van der Waals surface area contributed by atoms with Crippen molar-refractivity contribution in [3.63, 3.8) is 0 Å². The molecule has 0 aliphatic rings. The van der Waals surface area contributed by atoms with E-state index in [1.165, 1.54) is 12.1 Å². The zero-order valence-corrected chi connectivity index (χ0v) is 12.0. The normalized spacial score (nSPS) is 9.78. The quantitative estimate of drug-likeness (QED) is 0.711. The van der Waals surface area contributed by atoms with Gasteiger partial charge in [0.05, 0.1) is 0 Å². The zero-order valence-electron chi connectivity index (χ0n) is 12.0. The van der Waals surface area contributed by atoms with Crippen LogP contribution in [-0.2, 0) is 0 Å². The molecule has 0 fully saturated rings. The molecule has 0 bridgehead atoms. The molecule has 1 aromatic carbocycles. The fraction of sp³-hybridized carbons (Fsp3) is 0.533. The minimum Gasteiger partial charge on any atom is -0.387 e. The smallest absolute Gasteiger partial charge is 0.292 e. The topological polar surface area (TPSA) is 33.0 Å². The number of ether oxygens (including phenoxy) is 1. The van der Waals surface area contributed by atoms with Gasteiger partial charge in [-0.15, -0.1) is 5.26 Å². The predicted octanol–water partition coefficient (Wildman–Crippen LogP) is 4.96. The maximum absolute atomic E-state index is 13.4. The first kappa shape index (κ1) is 16.4. The second-order valence-electron chi connectivity index (χ2n) is 4.42. The summed E-state index contributed by atoms with van der Waals surface area (Å²) in [6, 6.07) is 2.87. The monoisotopic (exact) mass is 251 g/mol. The first-order valence-electron chi connectivity index (χ1n) is 6.36. The van der Waals surface area contributed by atoms with Crippen molar-refractivity contribution in [2.45, 2.75) is 53.4 Å². The highest BCUT2D eigenvalue weighted by Crippen LogP contribution is 2.35. The third-order valence-electron chi connectivity index (χ3n) is 2.50. The molecule has 0 unspecified atom stereocenters. The molecule has 0 atom stereocenters. The summed E-state index contributed by atoms with van der Waals surface area (Å²) in [5.41, 5.74) is 1.48. The van der Waals surface area contributed by atoms with Gasteiger partial charge in [0.15, 0.2) is 0 Å². The van der Waals surface area contributed by atoms with Gasteiger partial charge in [0.25, 0.3) is 6.26 Å². The van der Waals surface area contributed by atoms with Crippen molar-refractivity contribution < 1.29 is 9.13 Å². The molecule has 0 N–H and O–H groups in total. The Kier molecular flexibility index (Phi) is 7.04. The maximum atomic E-state index is 13.4. The van der Waals surface area contributed by atoms with Crippen molar-refractivity contribution in [2.75, 3.05) is 0 Å². The van der Waals surface area contributed by atoms with E-state index in [2.05, 4.69) is 0 Å². The van der Waals surface area contributed by atoms with Crippen LogP contribution in [0.3, 0.4) is 0 Å². The molecule has 0 radical (unpaired) electrons. The standard InChI is InChI=1S/C13H16FNO.C2H6/c1-8(2)11-5-10(14)6-12(9(3)4)13(11)16-7-15;1-2/h5-6,8-9H,1-4H3;1-2H3. The van der Waals surface area contributed by atoms with Gasteiger partial charge in [-0.25, -0.2) is 4.39 Å². The van der Waals surface area contributed by atoms with E-state index in [9.17, 15) is 4.39 Å². The summed E-state index contributed by atoms with van der Waals surface area (Å²) in [5, 5.41) is 8.64. The van der Waals surface area contributed by atoms with Crippen molar-refractivity contribution in [1.29, 1.82) is 5.26 Å². The van der Waals surface area contributed by atoms with Crippen LogP contribution < -0.4 is 4.74 Å². The minimum atomic E-state index is -0.280. The van der Waals surface area contributed by atoms with Gasteiger partial charge in [-0.3, -0.25) is 0 Å². The van der Waals surface area contributed by atoms with Gasteiger partial charge in [-0.2, -0.15) is 0 Å². The summed E-state index contributed by atoms with van der Waals surface area (Å²) in [6.07, 6.45) is 1.67. The first-order chi connectivity index (χ1) is 8.47. The number of hydrogen-bond donors (Lipinski definition) is 0. The summed E-state index contributed by atoms with van der Waals surface area (Å²) in [5.74, 6) is 0.472. The van der Waals surface area contributed by atoms with Gasteiger partial charge in [-0.1, -0.05) is 41.5 Å². The van der Waals surface area contributed by atoms with Gasteiger partial charge in [0.1, 0.15) is 11.6 Å². The highest BCUT2D eigenvalue weighted by molar-refractivity contribution is 5.46. The zero-order chi connectivity index (χ0) is 14.3. The maximum Gasteiger partial charge on any atom is 0.292 e. The molecule has 1 rings (SSSR count). The summed E-state index contributed by atoms with van der Waals surface area (Å²) >= 11 is 0. The molecule has 0 spiro atoms. The van der Waals surface area contributed by atoms with E-state index >= 15 is 0 Å². The highest BCUT2D eigenvalue weighted by Gasteiger charge is 2.17. The summed E-state index contributed by atoms with van der Waals surface area (Å²) < 4.78 is 18.4. The molecule has 0 amide bonds. The van der Waals surface area contributed by atoms with Gasteiger partial charge in [0.2, 0.25) is 0 Å². The Balaban J connectivity index is 0.00000137. The molecule has 100 valence electrons. The van der Waals surface area contributed by atoms with E-state index in [-0.39, 0.29) is 17.7 Å². The predicted molar refractivity (Wildman–Crippen MR) is 72.2 cm³/mol. The molecule has 0 aliphatic carbocycles. The van der Waals surface area contributed by atoms with Crippen molar-refractivity contribution >= 4 is 0 Å². The Morgan fingerprint density at radius 2 is 1.44 bits per heavy atom. The van der Waals surface area contributed by atoms with Crippen LogP contribution in [0.5, 0.6) is 5.75 Å². The fourth-order valence-corrected chi connectivity index (χ4v) is 1.66. The van der Waals surface area contributed by atoms with Gasteiger partial charge < -0.3 is 4.74 Å². The first-order valence-corrected chi connectivity index (χ1v) is 6.36. The number of nitrogens with zero attached hydrogens (tertiary/aromatic N) is 1. The van der Waals surface area contributed by atoms with Crippen LogP contribution in [0.2, 0.25) is 0 Å². The van der Waals surface area contributed by atoms with Gasteiger partial charge in [0, 0.05) is 11.1 Å². The van der Waals surface area contributed by atoms with Crippen LogP contribution in [0, 0.1) is 17.3 Å². The number of benzene rings is 1. The van der Waals surface area contributed by atoms with Crippen molar-refractivity contribution in [3.8, 4) is 12.0 Å². The van der Waals surface area contributed by atoms with E-state index in [0.717, 1.165) is 11.1 Å². The Morgan fingerprint density at radius 1 is 1.06 bits per heavy atom. The Hall–Kier alpha value is -1.56. The van der Waals surface area contributed by atoms with Crippen molar-refractivity contribution in [2.24, 2.45) is 0 Å². The second kappa shape index (κ2) is 7.71. The van der Waals surface area contributed by atoms with Crippen LogP contribution >= 0.6 is 0 Å². The van der Waals surface area contributed by atoms with Crippen molar-refractivity contribution in [1.82, 2.24) is 0 Å². The van der Waals surface area contributed by atoms with Gasteiger partial charge >= 0.3 is 0 Å². The highest BCUT2D eigenvalue weighted by atomic mass is 19.1. The van der Waals surface area contributed by atoms with Gasteiger partial charge in [-0.05, 0) is 24.0 Å². The van der Waals surface area contributed by atoms with Crippen LogP contribution in [0.1, 0.15) is 64.5 Å². The van der Waals surface area contributed by atoms with E-state index in [0.29, 0.717) is 5.75 Å². The SMILES string of the molecule is CC.CC(C)c1cc(F)cc(C(C)C)c1OC#N. The minimum absolute atomic E-state index is 0.122. The molecule has 2 nitrogen and oxygen atoms in total. The Labute approximate surface area is 109 Å². The molecule has 18 heavy (non-hydrogen) atoms. The average Bonchev–Trinajstić information content (AvgIpc) is 2.33. The van der Waals surface area contributed by atoms with Crippen LogP contribution in [-0.4, -0.2) is 0 Å². The molecule has 1 aromatic rings. The lowest BCUT2D eigenvalue weighted by molar-refractivity contribution is 0.481. The molecular formula is C15H22FNO. The van der Waals surface area contributed by atoms with Crippen LogP contribution in [0.4, 0.5) is 4.39 Å². The summed E-state index contributed by atoms with van der Waals surface area (Å²) in [7, 11) is 0. The number of halogens is 1. The average molecular weight is 251 g/mol. The van der Waals surface area contributed by atoms with Crippen LogP contribution in [0.25, 0.3) is 0 Å². The fourth-order valence-electron chi connectivity index (χ4n) is 1.66. The summed E-state index contributed by atoms with van der Waals surface area (Å²) in [4.78, 5) is 0. The number of nitriles is 1. The van der Waals surface area contributed by atoms with E-state index < -0.39 is 0 Å². The van der Waals surface area contributed by atoms with E-state index in [1.54, 1.807) is 6.26 Å². The van der Waals surface area contributed by atoms with E-state index in [1.807, 2.05) is 41.5 Å². The largest absolute Gasteiger partial charge is 0.387 e. The molecule has 0 aliphatic heterocycles. The lowest BCUT2D eigenvalue weighted by atomic mass is 9.94. The molecule has 0 saturated heterocycles. The summed E-state index contributed by atoms with van der Waals surface area (Å²) in [6.45, 7) is 11.8. The molecule has 0 heterocycles. The molecular weight excluding hydrogens is 229 g/mol.